The second kappa shape index (κ2) is 10.6. The molecule has 0 radical (unpaired) electrons. The second-order valence-corrected chi connectivity index (χ2v) is 5.65. The number of nitrogens with zero attached hydrogens (tertiary/aromatic N) is 1. The van der Waals surface area contributed by atoms with E-state index in [-0.39, 0.29) is 0 Å². The van der Waals surface area contributed by atoms with Gasteiger partial charge in [0.1, 0.15) is 0 Å². The lowest BCUT2D eigenvalue weighted by atomic mass is 9.97. The number of halogens is 1. The fourth-order valence-corrected chi connectivity index (χ4v) is 2.53. The molecule has 0 fully saturated rings. The molecule has 0 aromatic rings. The van der Waals surface area contributed by atoms with Gasteiger partial charge in [-0.15, -0.1) is 11.6 Å². The lowest BCUT2D eigenvalue weighted by molar-refractivity contribution is 0.314. The van der Waals surface area contributed by atoms with Crippen LogP contribution in [-0.4, -0.2) is 30.9 Å². The molecule has 0 aromatic carbocycles. The van der Waals surface area contributed by atoms with Crippen molar-refractivity contribution in [3.05, 3.63) is 23.8 Å². The van der Waals surface area contributed by atoms with Crippen LogP contribution < -0.4 is 0 Å². The van der Waals surface area contributed by atoms with E-state index < -0.39 is 0 Å². The zero-order chi connectivity index (χ0) is 14.0. The number of hydrogen-bond donors (Lipinski definition) is 0. The smallest absolute Gasteiger partial charge is 0.0406 e. The van der Waals surface area contributed by atoms with Crippen molar-refractivity contribution >= 4 is 11.6 Å². The highest BCUT2D eigenvalue weighted by Crippen LogP contribution is 2.20. The number of hydrogen-bond acceptors (Lipinski definition) is 1. The summed E-state index contributed by atoms with van der Waals surface area (Å²) >= 11 is 5.85. The van der Waals surface area contributed by atoms with Crippen LogP contribution in [0.2, 0.25) is 0 Å². The maximum Gasteiger partial charge on any atom is 0.0406 e. The first-order valence-corrected chi connectivity index (χ1v) is 7.62. The molecule has 2 heteroatoms. The highest BCUT2D eigenvalue weighted by Gasteiger charge is 2.12. The van der Waals surface area contributed by atoms with Gasteiger partial charge in [-0.1, -0.05) is 43.6 Å². The van der Waals surface area contributed by atoms with Gasteiger partial charge in [-0.25, -0.2) is 0 Å². The first-order valence-electron chi connectivity index (χ1n) is 7.08. The topological polar surface area (TPSA) is 3.24 Å². The zero-order valence-corrected chi connectivity index (χ0v) is 13.4. The van der Waals surface area contributed by atoms with Crippen LogP contribution in [0.3, 0.4) is 0 Å². The molecule has 0 aliphatic rings. The Bertz CT molecular complexity index is 256. The van der Waals surface area contributed by atoms with Crippen LogP contribution in [0, 0.1) is 0 Å². The van der Waals surface area contributed by atoms with Crippen molar-refractivity contribution in [1.29, 1.82) is 0 Å². The third-order valence-electron chi connectivity index (χ3n) is 3.40. The van der Waals surface area contributed by atoms with Gasteiger partial charge in [-0.3, -0.25) is 0 Å². The predicted octanol–water partition coefficient (Wildman–Crippen LogP) is 5.02. The van der Waals surface area contributed by atoms with E-state index in [1.54, 1.807) is 0 Å². The van der Waals surface area contributed by atoms with E-state index >= 15 is 0 Å². The van der Waals surface area contributed by atoms with Gasteiger partial charge in [0.25, 0.3) is 0 Å². The van der Waals surface area contributed by atoms with Gasteiger partial charge in [0.2, 0.25) is 0 Å². The molecule has 0 heterocycles. The SMILES string of the molecule is C=C(C)C(CC/C(=C\CCl)CCCCC)N(C)C. The normalized spacial score (nSPS) is 14.0. The van der Waals surface area contributed by atoms with Gasteiger partial charge in [0.05, 0.1) is 0 Å². The molecule has 0 amide bonds. The number of likely N-dealkylation sites (N-methyl/N-ethyl adjacent to an activating group) is 1. The lowest BCUT2D eigenvalue weighted by Crippen LogP contribution is -2.28. The molecule has 18 heavy (non-hydrogen) atoms. The maximum atomic E-state index is 5.85. The van der Waals surface area contributed by atoms with Crippen molar-refractivity contribution < 1.29 is 0 Å². The van der Waals surface area contributed by atoms with Crippen LogP contribution >= 0.6 is 11.6 Å². The fraction of sp³-hybridized carbons (Fsp3) is 0.750. The van der Waals surface area contributed by atoms with E-state index in [9.17, 15) is 0 Å². The van der Waals surface area contributed by atoms with Crippen LogP contribution in [0.25, 0.3) is 0 Å². The Kier molecular flexibility index (Phi) is 10.5. The molecule has 0 saturated carbocycles. The summed E-state index contributed by atoms with van der Waals surface area (Å²) in [5.74, 6) is 0.640. The van der Waals surface area contributed by atoms with Crippen molar-refractivity contribution in [2.75, 3.05) is 20.0 Å². The van der Waals surface area contributed by atoms with Crippen LogP contribution in [0.5, 0.6) is 0 Å². The Morgan fingerprint density at radius 1 is 1.28 bits per heavy atom. The number of unbranched alkanes of at least 4 members (excludes halogenated alkanes) is 2. The molecule has 0 saturated heterocycles. The second-order valence-electron chi connectivity index (χ2n) is 5.34. The summed E-state index contributed by atoms with van der Waals surface area (Å²) in [6.45, 7) is 8.45. The third kappa shape index (κ3) is 7.94. The van der Waals surface area contributed by atoms with E-state index in [1.165, 1.54) is 36.8 Å². The Morgan fingerprint density at radius 3 is 2.39 bits per heavy atom. The van der Waals surface area contributed by atoms with Crippen molar-refractivity contribution in [2.45, 2.75) is 58.4 Å². The quantitative estimate of drug-likeness (QED) is 0.306. The summed E-state index contributed by atoms with van der Waals surface area (Å²) in [4.78, 5) is 2.26. The highest BCUT2D eigenvalue weighted by molar-refractivity contribution is 6.18. The van der Waals surface area contributed by atoms with Crippen LogP contribution in [0.4, 0.5) is 0 Å². The monoisotopic (exact) mass is 271 g/mol. The average molecular weight is 272 g/mol. The molecule has 0 aliphatic heterocycles. The molecule has 1 unspecified atom stereocenters. The van der Waals surface area contributed by atoms with Crippen LogP contribution in [0.15, 0.2) is 23.8 Å². The molecular weight excluding hydrogens is 242 g/mol. The zero-order valence-electron chi connectivity index (χ0n) is 12.6. The summed E-state index contributed by atoms with van der Waals surface area (Å²) in [5.41, 5.74) is 2.77. The Morgan fingerprint density at radius 2 is 1.94 bits per heavy atom. The molecule has 0 spiro atoms. The van der Waals surface area contributed by atoms with Gasteiger partial charge < -0.3 is 4.90 Å². The van der Waals surface area contributed by atoms with Crippen molar-refractivity contribution in [2.24, 2.45) is 0 Å². The van der Waals surface area contributed by atoms with E-state index in [0.29, 0.717) is 11.9 Å². The minimum atomic E-state index is 0.481. The number of alkyl halides is 1. The van der Waals surface area contributed by atoms with Crippen LogP contribution in [-0.2, 0) is 0 Å². The Labute approximate surface area is 119 Å². The number of rotatable bonds is 10. The molecular formula is C16H30ClN. The van der Waals surface area contributed by atoms with Crippen molar-refractivity contribution in [3.63, 3.8) is 0 Å². The molecule has 1 atom stereocenters. The van der Waals surface area contributed by atoms with Crippen molar-refractivity contribution in [3.8, 4) is 0 Å². The summed E-state index contributed by atoms with van der Waals surface area (Å²) in [6.07, 6.45) is 9.58. The molecule has 106 valence electrons. The molecule has 0 bridgehead atoms. The van der Waals surface area contributed by atoms with Gasteiger partial charge in [-0.2, -0.15) is 0 Å². The first kappa shape index (κ1) is 17.7. The lowest BCUT2D eigenvalue weighted by Gasteiger charge is -2.25. The first-order chi connectivity index (χ1) is 8.52. The number of allylic oxidation sites excluding steroid dienone is 2. The van der Waals surface area contributed by atoms with Gasteiger partial charge in [-0.05, 0) is 46.7 Å². The largest absolute Gasteiger partial charge is 0.303 e. The van der Waals surface area contributed by atoms with E-state index in [1.807, 2.05) is 0 Å². The highest BCUT2D eigenvalue weighted by atomic mass is 35.5. The Balaban J connectivity index is 4.24. The minimum Gasteiger partial charge on any atom is -0.303 e. The summed E-state index contributed by atoms with van der Waals surface area (Å²) < 4.78 is 0. The average Bonchev–Trinajstić information content (AvgIpc) is 2.28. The van der Waals surface area contributed by atoms with E-state index in [2.05, 4.69) is 45.5 Å². The molecule has 0 rings (SSSR count). The molecule has 0 aliphatic carbocycles. The third-order valence-corrected chi connectivity index (χ3v) is 3.55. The molecule has 0 aromatic heterocycles. The Hall–Kier alpha value is -0.270. The maximum absolute atomic E-state index is 5.85. The predicted molar refractivity (Wildman–Crippen MR) is 84.5 cm³/mol. The summed E-state index contributed by atoms with van der Waals surface area (Å²) in [7, 11) is 4.25. The standard InChI is InChI=1S/C16H30ClN/c1-6-7-8-9-15(12-13-17)10-11-16(14(2)3)18(4)5/h12,16H,2,6-11,13H2,1,3-5H3/b15-12-. The van der Waals surface area contributed by atoms with Crippen LogP contribution in [0.1, 0.15) is 52.4 Å². The van der Waals surface area contributed by atoms with E-state index in [4.69, 9.17) is 11.6 Å². The fourth-order valence-electron chi connectivity index (χ4n) is 2.31. The van der Waals surface area contributed by atoms with E-state index in [0.717, 1.165) is 12.8 Å². The molecule has 0 N–H and O–H groups in total. The van der Waals surface area contributed by atoms with Gasteiger partial charge in [0, 0.05) is 11.9 Å². The van der Waals surface area contributed by atoms with Gasteiger partial charge in [0.15, 0.2) is 0 Å². The summed E-state index contributed by atoms with van der Waals surface area (Å²) in [5, 5.41) is 0. The molecule has 1 nitrogen and oxygen atoms in total. The van der Waals surface area contributed by atoms with Gasteiger partial charge >= 0.3 is 0 Å². The summed E-state index contributed by atoms with van der Waals surface area (Å²) in [6, 6.07) is 0.481. The minimum absolute atomic E-state index is 0.481. The van der Waals surface area contributed by atoms with Crippen molar-refractivity contribution in [1.82, 2.24) is 4.90 Å².